The Labute approximate surface area is 156 Å². The van der Waals surface area contributed by atoms with Crippen LogP contribution < -0.4 is 11.1 Å². The van der Waals surface area contributed by atoms with Gasteiger partial charge in [0.25, 0.3) is 5.91 Å². The molecular weight excluding hydrogens is 392 g/mol. The van der Waals surface area contributed by atoms with Crippen molar-refractivity contribution >= 4 is 34.2 Å². The van der Waals surface area contributed by atoms with Gasteiger partial charge in [0, 0.05) is 11.0 Å². The molecule has 1 aromatic carbocycles. The van der Waals surface area contributed by atoms with Crippen LogP contribution in [0.4, 0.5) is 0 Å². The second-order valence-corrected chi connectivity index (χ2v) is 7.09. The minimum Gasteiger partial charge on any atom is -0.345 e. The van der Waals surface area contributed by atoms with Crippen molar-refractivity contribution in [3.63, 3.8) is 0 Å². The highest BCUT2D eigenvalue weighted by Crippen LogP contribution is 2.29. The maximum absolute atomic E-state index is 12.7. The zero-order valence-corrected chi connectivity index (χ0v) is 16.0. The maximum atomic E-state index is 12.7. The number of hydrogen-bond acceptors (Lipinski definition) is 3. The lowest BCUT2D eigenvalue weighted by molar-refractivity contribution is 0.0902. The van der Waals surface area contributed by atoms with E-state index < -0.39 is 0 Å². The van der Waals surface area contributed by atoms with Gasteiger partial charge in [0.15, 0.2) is 0 Å². The smallest absolute Gasteiger partial charge is 0.255 e. The van der Waals surface area contributed by atoms with Crippen LogP contribution in [-0.4, -0.2) is 27.8 Å². The minimum atomic E-state index is -0.247. The molecule has 3 N–H and O–H groups in total. The first-order valence-electron chi connectivity index (χ1n) is 7.88. The Morgan fingerprint density at radius 2 is 1.96 bits per heavy atom. The Bertz CT molecular complexity index is 708. The number of nitrogens with one attached hydrogen (secondary N) is 1. The molecule has 0 aliphatic heterocycles. The monoisotopic (exact) mass is 412 g/mol. The van der Waals surface area contributed by atoms with Gasteiger partial charge in [-0.05, 0) is 44.0 Å². The quantitative estimate of drug-likeness (QED) is 0.807. The molecule has 1 heterocycles. The molecule has 1 aliphatic rings. The van der Waals surface area contributed by atoms with Gasteiger partial charge < -0.3 is 11.1 Å². The molecule has 130 valence electrons. The van der Waals surface area contributed by atoms with E-state index in [1.807, 2.05) is 31.2 Å². The van der Waals surface area contributed by atoms with Crippen molar-refractivity contribution in [2.24, 2.45) is 5.73 Å². The maximum Gasteiger partial charge on any atom is 0.255 e. The highest BCUT2D eigenvalue weighted by Gasteiger charge is 2.34. The third-order valence-electron chi connectivity index (χ3n) is 4.66. The lowest BCUT2D eigenvalue weighted by Gasteiger charge is -2.28. The normalized spacial score (nSPS) is 15.8. The van der Waals surface area contributed by atoms with Crippen LogP contribution in [0.15, 0.2) is 34.9 Å². The topological polar surface area (TPSA) is 72.9 Å². The standard InChI is InChI=1S/C17H21BrN4O.ClH/c1-12-15(16(23)21-17(11-19)8-2-3-9-17)10-20-22(12)14-6-4-13(18)5-7-14;/h4-7,10H,2-3,8-9,11,19H2,1H3,(H,21,23);1H. The molecule has 0 bridgehead atoms. The number of rotatable bonds is 4. The number of carbonyl (C=O) groups is 1. The number of hydrogen-bond donors (Lipinski definition) is 2. The van der Waals surface area contributed by atoms with Crippen LogP contribution >= 0.6 is 28.3 Å². The average molecular weight is 414 g/mol. The number of nitrogens with two attached hydrogens (primary N) is 1. The van der Waals surface area contributed by atoms with E-state index in [1.54, 1.807) is 10.9 Å². The number of carbonyl (C=O) groups excluding carboxylic acids is 1. The van der Waals surface area contributed by atoms with Crippen molar-refractivity contribution in [1.82, 2.24) is 15.1 Å². The van der Waals surface area contributed by atoms with Crippen LogP contribution in [0, 0.1) is 6.92 Å². The molecule has 0 saturated heterocycles. The summed E-state index contributed by atoms with van der Waals surface area (Å²) in [6.07, 6.45) is 5.78. The first kappa shape index (κ1) is 19.0. The fourth-order valence-corrected chi connectivity index (χ4v) is 3.48. The summed E-state index contributed by atoms with van der Waals surface area (Å²) in [6.45, 7) is 2.40. The summed E-state index contributed by atoms with van der Waals surface area (Å²) in [5, 5.41) is 7.52. The second kappa shape index (κ2) is 7.68. The Morgan fingerprint density at radius 1 is 1.33 bits per heavy atom. The van der Waals surface area contributed by atoms with Gasteiger partial charge in [-0.1, -0.05) is 28.8 Å². The largest absolute Gasteiger partial charge is 0.345 e. The molecule has 2 aromatic rings. The molecule has 24 heavy (non-hydrogen) atoms. The zero-order valence-electron chi connectivity index (χ0n) is 13.6. The summed E-state index contributed by atoms with van der Waals surface area (Å²) in [7, 11) is 0. The number of halogens is 2. The van der Waals surface area contributed by atoms with E-state index in [4.69, 9.17) is 5.73 Å². The van der Waals surface area contributed by atoms with Gasteiger partial charge in [-0.3, -0.25) is 4.79 Å². The lowest BCUT2D eigenvalue weighted by Crippen LogP contribution is -2.51. The van der Waals surface area contributed by atoms with Crippen molar-refractivity contribution in [3.8, 4) is 5.69 Å². The minimum absolute atomic E-state index is 0. The molecule has 3 rings (SSSR count). The second-order valence-electron chi connectivity index (χ2n) is 6.18. The fourth-order valence-electron chi connectivity index (χ4n) is 3.22. The third-order valence-corrected chi connectivity index (χ3v) is 5.18. The number of aromatic nitrogens is 2. The molecule has 1 fully saturated rings. The van der Waals surface area contributed by atoms with Crippen LogP contribution in [0.25, 0.3) is 5.69 Å². The molecule has 0 atom stereocenters. The van der Waals surface area contributed by atoms with E-state index in [9.17, 15) is 4.79 Å². The van der Waals surface area contributed by atoms with Crippen LogP contribution in [0.5, 0.6) is 0 Å². The van der Waals surface area contributed by atoms with E-state index in [1.165, 1.54) is 0 Å². The number of nitrogens with zero attached hydrogens (tertiary/aromatic N) is 2. The van der Waals surface area contributed by atoms with Gasteiger partial charge in [-0.2, -0.15) is 5.10 Å². The van der Waals surface area contributed by atoms with Crippen molar-refractivity contribution in [3.05, 3.63) is 46.2 Å². The van der Waals surface area contributed by atoms with Crippen LogP contribution in [-0.2, 0) is 0 Å². The van der Waals surface area contributed by atoms with Crippen molar-refractivity contribution < 1.29 is 4.79 Å². The highest BCUT2D eigenvalue weighted by atomic mass is 79.9. The van der Waals surface area contributed by atoms with E-state index in [-0.39, 0.29) is 23.9 Å². The van der Waals surface area contributed by atoms with Crippen LogP contribution in [0.1, 0.15) is 41.7 Å². The average Bonchev–Trinajstić information content (AvgIpc) is 3.16. The summed E-state index contributed by atoms with van der Waals surface area (Å²) < 4.78 is 2.79. The molecular formula is C17H22BrClN4O. The number of benzene rings is 1. The molecule has 1 aromatic heterocycles. The van der Waals surface area contributed by atoms with Crippen molar-refractivity contribution in [1.29, 1.82) is 0 Å². The van der Waals surface area contributed by atoms with Crippen LogP contribution in [0.2, 0.25) is 0 Å². The van der Waals surface area contributed by atoms with E-state index >= 15 is 0 Å². The predicted octanol–water partition coefficient (Wildman–Crippen LogP) is 3.37. The van der Waals surface area contributed by atoms with Gasteiger partial charge >= 0.3 is 0 Å². The van der Waals surface area contributed by atoms with E-state index in [0.29, 0.717) is 12.1 Å². The summed E-state index contributed by atoms with van der Waals surface area (Å²) in [4.78, 5) is 12.7. The summed E-state index contributed by atoms with van der Waals surface area (Å²) >= 11 is 3.42. The Hall–Kier alpha value is -1.37. The predicted molar refractivity (Wildman–Crippen MR) is 101 cm³/mol. The summed E-state index contributed by atoms with van der Waals surface area (Å²) in [5.74, 6) is -0.0850. The SMILES string of the molecule is Cc1c(C(=O)NC2(CN)CCCC2)cnn1-c1ccc(Br)cc1.Cl. The molecule has 5 nitrogen and oxygen atoms in total. The van der Waals surface area contributed by atoms with Gasteiger partial charge in [0.1, 0.15) is 0 Å². The van der Waals surface area contributed by atoms with Crippen molar-refractivity contribution in [2.75, 3.05) is 6.54 Å². The molecule has 1 aliphatic carbocycles. The van der Waals surface area contributed by atoms with Gasteiger partial charge in [0.2, 0.25) is 0 Å². The third kappa shape index (κ3) is 3.66. The molecule has 1 saturated carbocycles. The van der Waals surface area contributed by atoms with Gasteiger partial charge in [-0.15, -0.1) is 12.4 Å². The Morgan fingerprint density at radius 3 is 2.54 bits per heavy atom. The molecule has 0 unspecified atom stereocenters. The fraction of sp³-hybridized carbons (Fsp3) is 0.412. The molecule has 1 amide bonds. The van der Waals surface area contributed by atoms with E-state index in [2.05, 4.69) is 26.3 Å². The first-order valence-corrected chi connectivity index (χ1v) is 8.67. The molecule has 0 spiro atoms. The first-order chi connectivity index (χ1) is 11.0. The Balaban J connectivity index is 0.00000208. The number of amides is 1. The Kier molecular flexibility index (Phi) is 6.06. The zero-order chi connectivity index (χ0) is 16.4. The van der Waals surface area contributed by atoms with Crippen molar-refractivity contribution in [2.45, 2.75) is 38.1 Å². The lowest BCUT2D eigenvalue weighted by atomic mass is 9.97. The van der Waals surface area contributed by atoms with Crippen LogP contribution in [0.3, 0.4) is 0 Å². The summed E-state index contributed by atoms with van der Waals surface area (Å²) in [6, 6.07) is 7.84. The summed E-state index contributed by atoms with van der Waals surface area (Å²) in [5.41, 5.74) is 8.02. The van der Waals surface area contributed by atoms with E-state index in [0.717, 1.165) is 41.5 Å². The van der Waals surface area contributed by atoms with Gasteiger partial charge in [-0.25, -0.2) is 4.68 Å². The van der Waals surface area contributed by atoms with Gasteiger partial charge in [0.05, 0.1) is 28.7 Å². The molecule has 0 radical (unpaired) electrons. The highest BCUT2D eigenvalue weighted by molar-refractivity contribution is 9.10. The molecule has 7 heteroatoms.